The second kappa shape index (κ2) is 5.66. The van der Waals surface area contributed by atoms with Gasteiger partial charge in [-0.05, 0) is 38.8 Å². The van der Waals surface area contributed by atoms with Gasteiger partial charge in [0.05, 0.1) is 6.61 Å². The van der Waals surface area contributed by atoms with Crippen molar-refractivity contribution in [3.63, 3.8) is 0 Å². The van der Waals surface area contributed by atoms with E-state index in [0.29, 0.717) is 11.6 Å². The normalized spacial score (nSPS) is 26.3. The zero-order chi connectivity index (χ0) is 14.0. The van der Waals surface area contributed by atoms with Gasteiger partial charge in [0.25, 0.3) is 0 Å². The predicted octanol–water partition coefficient (Wildman–Crippen LogP) is 1.56. The first kappa shape index (κ1) is 13.8. The molecular formula is C15H24N4O. The molecule has 2 aliphatic heterocycles. The Balaban J connectivity index is 1.64. The number of likely N-dealkylation sites (tertiary alicyclic amines) is 1. The van der Waals surface area contributed by atoms with Crippen LogP contribution in [0.1, 0.15) is 25.7 Å². The highest BCUT2D eigenvalue weighted by atomic mass is 16.5. The molecule has 0 saturated carbocycles. The summed E-state index contributed by atoms with van der Waals surface area (Å²) in [5.41, 5.74) is 0.370. The standard InChI is InChI=1S/C15H24N4O/c1-18-13(12-20-2)4-5-15(18)6-10-19(11-7-15)14-16-8-3-9-17-14/h3,8-9,13H,4-7,10-12H2,1-2H3. The van der Waals surface area contributed by atoms with Crippen molar-refractivity contribution in [1.29, 1.82) is 0 Å². The van der Waals surface area contributed by atoms with Crippen LogP contribution in [0.5, 0.6) is 0 Å². The number of hydrogen-bond donors (Lipinski definition) is 0. The molecule has 1 atom stereocenters. The van der Waals surface area contributed by atoms with E-state index in [0.717, 1.165) is 25.6 Å². The SMILES string of the molecule is COCC1CCC2(CCN(c3ncccn3)CC2)N1C. The molecule has 1 aromatic rings. The Morgan fingerprint density at radius 2 is 1.95 bits per heavy atom. The zero-order valence-electron chi connectivity index (χ0n) is 12.5. The molecule has 2 aliphatic rings. The zero-order valence-corrected chi connectivity index (χ0v) is 12.5. The minimum atomic E-state index is 0.370. The van der Waals surface area contributed by atoms with Crippen molar-refractivity contribution in [1.82, 2.24) is 14.9 Å². The molecular weight excluding hydrogens is 252 g/mol. The Bertz CT molecular complexity index is 431. The third-order valence-electron chi connectivity index (χ3n) is 5.13. The molecule has 0 aliphatic carbocycles. The van der Waals surface area contributed by atoms with Gasteiger partial charge in [0.1, 0.15) is 0 Å². The lowest BCUT2D eigenvalue weighted by Crippen LogP contribution is -2.53. The van der Waals surface area contributed by atoms with Gasteiger partial charge in [-0.15, -0.1) is 0 Å². The van der Waals surface area contributed by atoms with Gasteiger partial charge in [-0.25, -0.2) is 9.97 Å². The van der Waals surface area contributed by atoms with E-state index in [-0.39, 0.29) is 0 Å². The van der Waals surface area contributed by atoms with Gasteiger partial charge < -0.3 is 9.64 Å². The lowest BCUT2D eigenvalue weighted by Gasteiger charge is -2.45. The van der Waals surface area contributed by atoms with Crippen molar-refractivity contribution < 1.29 is 4.74 Å². The molecule has 5 heteroatoms. The number of anilines is 1. The first-order valence-corrected chi connectivity index (χ1v) is 7.49. The van der Waals surface area contributed by atoms with Gasteiger partial charge in [0, 0.05) is 44.2 Å². The largest absolute Gasteiger partial charge is 0.383 e. The third-order valence-corrected chi connectivity index (χ3v) is 5.13. The summed E-state index contributed by atoms with van der Waals surface area (Å²) in [5.74, 6) is 0.872. The van der Waals surface area contributed by atoms with Crippen molar-refractivity contribution in [3.8, 4) is 0 Å². The summed E-state index contributed by atoms with van der Waals surface area (Å²) in [7, 11) is 4.07. The molecule has 0 radical (unpaired) electrons. The van der Waals surface area contributed by atoms with E-state index in [9.17, 15) is 0 Å². The number of nitrogens with zero attached hydrogens (tertiary/aromatic N) is 4. The Morgan fingerprint density at radius 3 is 2.60 bits per heavy atom. The van der Waals surface area contributed by atoms with E-state index >= 15 is 0 Å². The predicted molar refractivity (Wildman–Crippen MR) is 78.9 cm³/mol. The minimum absolute atomic E-state index is 0.370. The fourth-order valence-electron chi connectivity index (χ4n) is 3.76. The van der Waals surface area contributed by atoms with E-state index < -0.39 is 0 Å². The quantitative estimate of drug-likeness (QED) is 0.838. The highest BCUT2D eigenvalue weighted by Gasteiger charge is 2.45. The Kier molecular flexibility index (Phi) is 3.89. The van der Waals surface area contributed by atoms with Crippen LogP contribution >= 0.6 is 0 Å². The Morgan fingerprint density at radius 1 is 1.25 bits per heavy atom. The maximum atomic E-state index is 5.35. The van der Waals surface area contributed by atoms with Crippen molar-refractivity contribution in [3.05, 3.63) is 18.5 Å². The molecule has 5 nitrogen and oxygen atoms in total. The molecule has 1 spiro atoms. The fraction of sp³-hybridized carbons (Fsp3) is 0.733. The smallest absolute Gasteiger partial charge is 0.225 e. The van der Waals surface area contributed by atoms with Crippen LogP contribution in [0.25, 0.3) is 0 Å². The number of aromatic nitrogens is 2. The van der Waals surface area contributed by atoms with Gasteiger partial charge in [-0.1, -0.05) is 0 Å². The molecule has 1 unspecified atom stereocenters. The van der Waals surface area contributed by atoms with E-state index in [1.165, 1.54) is 25.7 Å². The second-order valence-corrected chi connectivity index (χ2v) is 6.02. The number of methoxy groups -OCH3 is 1. The topological polar surface area (TPSA) is 41.5 Å². The van der Waals surface area contributed by atoms with E-state index in [2.05, 4.69) is 26.8 Å². The summed E-state index contributed by atoms with van der Waals surface area (Å²) in [6.45, 7) is 2.95. The number of piperidine rings is 1. The molecule has 2 fully saturated rings. The molecule has 0 bridgehead atoms. The van der Waals surface area contributed by atoms with Crippen LogP contribution in [0.4, 0.5) is 5.95 Å². The van der Waals surface area contributed by atoms with Crippen molar-refractivity contribution in [2.24, 2.45) is 0 Å². The average Bonchev–Trinajstić information content (AvgIpc) is 2.79. The molecule has 1 aromatic heterocycles. The van der Waals surface area contributed by atoms with Gasteiger partial charge in [0.2, 0.25) is 5.95 Å². The van der Waals surface area contributed by atoms with E-state index in [1.54, 1.807) is 7.11 Å². The molecule has 20 heavy (non-hydrogen) atoms. The Labute approximate surface area is 121 Å². The van der Waals surface area contributed by atoms with Crippen LogP contribution in [0, 0.1) is 0 Å². The van der Waals surface area contributed by atoms with Crippen LogP contribution in [0.2, 0.25) is 0 Å². The summed E-state index contributed by atoms with van der Waals surface area (Å²) < 4.78 is 5.35. The maximum absolute atomic E-state index is 5.35. The summed E-state index contributed by atoms with van der Waals surface area (Å²) >= 11 is 0. The monoisotopic (exact) mass is 276 g/mol. The average molecular weight is 276 g/mol. The van der Waals surface area contributed by atoms with E-state index in [4.69, 9.17) is 4.74 Å². The number of ether oxygens (including phenoxy) is 1. The molecule has 0 amide bonds. The number of rotatable bonds is 3. The summed E-state index contributed by atoms with van der Waals surface area (Å²) in [5, 5.41) is 0. The molecule has 110 valence electrons. The highest BCUT2D eigenvalue weighted by Crippen LogP contribution is 2.40. The Hall–Kier alpha value is -1.20. The molecule has 0 aromatic carbocycles. The minimum Gasteiger partial charge on any atom is -0.383 e. The van der Waals surface area contributed by atoms with E-state index in [1.807, 2.05) is 18.5 Å². The summed E-state index contributed by atoms with van der Waals surface area (Å²) in [6.07, 6.45) is 8.59. The van der Waals surface area contributed by atoms with Crippen LogP contribution < -0.4 is 4.90 Å². The second-order valence-electron chi connectivity index (χ2n) is 6.02. The first-order chi connectivity index (χ1) is 9.75. The maximum Gasteiger partial charge on any atom is 0.225 e. The fourth-order valence-corrected chi connectivity index (χ4v) is 3.76. The van der Waals surface area contributed by atoms with Crippen LogP contribution in [0.3, 0.4) is 0 Å². The number of likely N-dealkylation sites (N-methyl/N-ethyl adjacent to an activating group) is 1. The lowest BCUT2D eigenvalue weighted by atomic mass is 9.85. The summed E-state index contributed by atoms with van der Waals surface area (Å²) in [6, 6.07) is 2.45. The highest BCUT2D eigenvalue weighted by molar-refractivity contribution is 5.30. The van der Waals surface area contributed by atoms with Crippen molar-refractivity contribution in [2.45, 2.75) is 37.3 Å². The van der Waals surface area contributed by atoms with Gasteiger partial charge in [-0.2, -0.15) is 0 Å². The van der Waals surface area contributed by atoms with Crippen molar-refractivity contribution in [2.75, 3.05) is 38.8 Å². The van der Waals surface area contributed by atoms with Crippen LogP contribution in [-0.4, -0.2) is 60.3 Å². The van der Waals surface area contributed by atoms with Crippen molar-refractivity contribution >= 4 is 5.95 Å². The van der Waals surface area contributed by atoms with Gasteiger partial charge in [0.15, 0.2) is 0 Å². The van der Waals surface area contributed by atoms with Gasteiger partial charge in [-0.3, -0.25) is 4.90 Å². The summed E-state index contributed by atoms with van der Waals surface area (Å²) in [4.78, 5) is 13.6. The lowest BCUT2D eigenvalue weighted by molar-refractivity contribution is 0.0606. The molecule has 3 heterocycles. The number of hydrogen-bond acceptors (Lipinski definition) is 5. The molecule has 2 saturated heterocycles. The first-order valence-electron chi connectivity index (χ1n) is 7.49. The van der Waals surface area contributed by atoms with Crippen LogP contribution in [-0.2, 0) is 4.74 Å². The van der Waals surface area contributed by atoms with Crippen LogP contribution in [0.15, 0.2) is 18.5 Å². The molecule has 0 N–H and O–H groups in total. The van der Waals surface area contributed by atoms with Gasteiger partial charge >= 0.3 is 0 Å². The molecule has 3 rings (SSSR count). The third kappa shape index (κ3) is 2.40.